The molecular formula is C27H16ClN3S. The summed E-state index contributed by atoms with van der Waals surface area (Å²) in [5, 5.41) is 2.70. The molecule has 0 aliphatic rings. The van der Waals surface area contributed by atoms with Gasteiger partial charge in [0.1, 0.15) is 0 Å². The number of fused-ring (bicyclic) bond motifs is 3. The average Bonchev–Trinajstić information content (AvgIpc) is 3.23. The fraction of sp³-hybridized carbons (Fsp3) is 0. The molecule has 0 radical (unpaired) electrons. The van der Waals surface area contributed by atoms with Gasteiger partial charge in [-0.1, -0.05) is 84.9 Å². The van der Waals surface area contributed by atoms with Crippen molar-refractivity contribution < 1.29 is 0 Å². The van der Waals surface area contributed by atoms with Crippen molar-refractivity contribution in [2.24, 2.45) is 0 Å². The van der Waals surface area contributed by atoms with E-state index in [0.717, 1.165) is 22.3 Å². The first-order chi connectivity index (χ1) is 15.8. The van der Waals surface area contributed by atoms with Crippen LogP contribution in [0.1, 0.15) is 0 Å². The van der Waals surface area contributed by atoms with Crippen molar-refractivity contribution >= 4 is 43.1 Å². The van der Waals surface area contributed by atoms with Gasteiger partial charge in [0.15, 0.2) is 11.6 Å². The third kappa shape index (κ3) is 3.25. The molecule has 0 aliphatic heterocycles. The van der Waals surface area contributed by atoms with Crippen molar-refractivity contribution in [1.29, 1.82) is 0 Å². The van der Waals surface area contributed by atoms with Gasteiger partial charge in [-0.25, -0.2) is 4.98 Å². The van der Waals surface area contributed by atoms with Crippen molar-refractivity contribution in [3.05, 3.63) is 102 Å². The first-order valence-electron chi connectivity index (χ1n) is 10.2. The Morgan fingerprint density at radius 2 is 1.19 bits per heavy atom. The van der Waals surface area contributed by atoms with E-state index in [1.54, 1.807) is 0 Å². The number of nitrogens with zero attached hydrogens (tertiary/aromatic N) is 3. The minimum Gasteiger partial charge on any atom is -0.208 e. The lowest BCUT2D eigenvalue weighted by Crippen LogP contribution is -1.98. The molecule has 0 saturated heterocycles. The zero-order valence-corrected chi connectivity index (χ0v) is 18.4. The quantitative estimate of drug-likeness (QED) is 0.275. The molecule has 2 aromatic heterocycles. The molecule has 0 aliphatic carbocycles. The molecule has 32 heavy (non-hydrogen) atoms. The van der Waals surface area contributed by atoms with Gasteiger partial charge in [0, 0.05) is 31.3 Å². The van der Waals surface area contributed by atoms with Crippen LogP contribution in [0, 0.1) is 0 Å². The predicted molar refractivity (Wildman–Crippen MR) is 134 cm³/mol. The number of hydrogen-bond donors (Lipinski definition) is 0. The highest BCUT2D eigenvalue weighted by atomic mass is 35.5. The first kappa shape index (κ1) is 19.1. The number of benzene rings is 4. The maximum absolute atomic E-state index is 6.34. The van der Waals surface area contributed by atoms with Crippen molar-refractivity contribution in [2.75, 3.05) is 0 Å². The van der Waals surface area contributed by atoms with Crippen molar-refractivity contribution in [2.45, 2.75) is 0 Å². The lowest BCUT2D eigenvalue weighted by atomic mass is 9.95. The van der Waals surface area contributed by atoms with E-state index in [-0.39, 0.29) is 5.28 Å². The summed E-state index contributed by atoms with van der Waals surface area (Å²) in [6.07, 6.45) is 0. The summed E-state index contributed by atoms with van der Waals surface area (Å²) in [6.45, 7) is 0. The van der Waals surface area contributed by atoms with E-state index in [9.17, 15) is 0 Å². The van der Waals surface area contributed by atoms with Crippen molar-refractivity contribution in [3.8, 4) is 33.9 Å². The largest absolute Gasteiger partial charge is 0.226 e. The molecule has 0 amide bonds. The molecule has 2 heterocycles. The normalized spacial score (nSPS) is 11.3. The zero-order chi connectivity index (χ0) is 21.5. The fourth-order valence-corrected chi connectivity index (χ4v) is 5.39. The topological polar surface area (TPSA) is 38.7 Å². The monoisotopic (exact) mass is 449 g/mol. The van der Waals surface area contributed by atoms with Crippen LogP contribution in [-0.4, -0.2) is 15.0 Å². The zero-order valence-electron chi connectivity index (χ0n) is 16.9. The van der Waals surface area contributed by atoms with E-state index in [2.05, 4.69) is 58.5 Å². The third-order valence-corrected chi connectivity index (χ3v) is 6.81. The number of thiophene rings is 1. The van der Waals surface area contributed by atoms with Gasteiger partial charge in [-0.05, 0) is 34.9 Å². The Morgan fingerprint density at radius 3 is 2.06 bits per heavy atom. The molecule has 6 rings (SSSR count). The number of hydrogen-bond acceptors (Lipinski definition) is 4. The highest BCUT2D eigenvalue weighted by molar-refractivity contribution is 7.25. The Kier molecular flexibility index (Phi) is 4.67. The van der Waals surface area contributed by atoms with E-state index in [1.165, 1.54) is 20.2 Å². The molecule has 5 heteroatoms. The number of halogens is 1. The third-order valence-electron chi connectivity index (χ3n) is 5.50. The van der Waals surface area contributed by atoms with Crippen LogP contribution in [-0.2, 0) is 0 Å². The van der Waals surface area contributed by atoms with Gasteiger partial charge in [0.25, 0.3) is 0 Å². The minimum absolute atomic E-state index is 0.183. The maximum Gasteiger partial charge on any atom is 0.226 e. The lowest BCUT2D eigenvalue weighted by molar-refractivity contribution is 1.07. The summed E-state index contributed by atoms with van der Waals surface area (Å²) in [4.78, 5) is 13.6. The van der Waals surface area contributed by atoms with Gasteiger partial charge in [-0.15, -0.1) is 11.3 Å². The second-order valence-corrected chi connectivity index (χ2v) is 8.86. The summed E-state index contributed by atoms with van der Waals surface area (Å²) in [7, 11) is 0. The van der Waals surface area contributed by atoms with Crippen molar-refractivity contribution in [1.82, 2.24) is 15.0 Å². The van der Waals surface area contributed by atoms with Crippen LogP contribution in [0.5, 0.6) is 0 Å². The predicted octanol–water partition coefficient (Wildman–Crippen LogP) is 7.89. The molecular weight excluding hydrogens is 434 g/mol. The minimum atomic E-state index is 0.183. The highest BCUT2D eigenvalue weighted by Gasteiger charge is 2.17. The molecule has 4 aromatic carbocycles. The van der Waals surface area contributed by atoms with Gasteiger partial charge < -0.3 is 0 Å². The van der Waals surface area contributed by atoms with Crippen molar-refractivity contribution in [3.63, 3.8) is 0 Å². The molecule has 0 saturated carbocycles. The van der Waals surface area contributed by atoms with E-state index >= 15 is 0 Å². The summed E-state index contributed by atoms with van der Waals surface area (Å²) < 4.78 is 2.54. The number of rotatable bonds is 3. The van der Waals surface area contributed by atoms with E-state index in [1.807, 2.05) is 59.9 Å². The van der Waals surface area contributed by atoms with Crippen LogP contribution in [0.2, 0.25) is 5.28 Å². The summed E-state index contributed by atoms with van der Waals surface area (Å²) in [5.74, 6) is 1.13. The smallest absolute Gasteiger partial charge is 0.208 e. The molecule has 0 bridgehead atoms. The second kappa shape index (κ2) is 7.83. The second-order valence-electron chi connectivity index (χ2n) is 7.44. The van der Waals surface area contributed by atoms with Crippen LogP contribution in [0.3, 0.4) is 0 Å². The van der Waals surface area contributed by atoms with Crippen LogP contribution < -0.4 is 0 Å². The Balaban J connectivity index is 1.60. The molecule has 152 valence electrons. The van der Waals surface area contributed by atoms with E-state index in [0.29, 0.717) is 11.6 Å². The number of aromatic nitrogens is 3. The summed E-state index contributed by atoms with van der Waals surface area (Å²) in [6, 6.07) is 33.1. The Hall–Kier alpha value is -3.60. The SMILES string of the molecule is Clc1nc(-c2ccccc2)nc(-c2ccccc2-c2cccc3sc4ccccc4c23)n1. The van der Waals surface area contributed by atoms with E-state index < -0.39 is 0 Å². The molecule has 0 spiro atoms. The Morgan fingerprint density at radius 1 is 0.531 bits per heavy atom. The van der Waals surface area contributed by atoms with Gasteiger partial charge in [0.2, 0.25) is 5.28 Å². The van der Waals surface area contributed by atoms with Gasteiger partial charge in [-0.3, -0.25) is 0 Å². The molecule has 0 unspecified atom stereocenters. The van der Waals surface area contributed by atoms with Gasteiger partial charge in [-0.2, -0.15) is 9.97 Å². The Labute approximate surface area is 194 Å². The summed E-state index contributed by atoms with van der Waals surface area (Å²) in [5.41, 5.74) is 4.06. The van der Waals surface area contributed by atoms with Crippen LogP contribution in [0.15, 0.2) is 97.1 Å². The molecule has 0 N–H and O–H groups in total. The molecule has 0 fully saturated rings. The average molecular weight is 450 g/mol. The van der Waals surface area contributed by atoms with Crippen LogP contribution in [0.25, 0.3) is 54.1 Å². The molecule has 6 aromatic rings. The fourth-order valence-electron chi connectivity index (χ4n) is 4.10. The lowest BCUT2D eigenvalue weighted by Gasteiger charge is -2.11. The highest BCUT2D eigenvalue weighted by Crippen LogP contribution is 2.42. The molecule has 3 nitrogen and oxygen atoms in total. The first-order valence-corrected chi connectivity index (χ1v) is 11.4. The maximum atomic E-state index is 6.34. The standard InChI is InChI=1S/C27H16ClN3S/c28-27-30-25(17-9-2-1-3-10-17)29-26(31-27)20-12-5-4-11-18(20)19-14-8-16-23-24(19)21-13-6-7-15-22(21)32-23/h1-16H. The Bertz CT molecular complexity index is 1590. The van der Waals surface area contributed by atoms with Gasteiger partial charge in [0.05, 0.1) is 0 Å². The van der Waals surface area contributed by atoms with Crippen LogP contribution >= 0.6 is 22.9 Å². The molecule has 0 atom stereocenters. The van der Waals surface area contributed by atoms with Gasteiger partial charge >= 0.3 is 0 Å². The van der Waals surface area contributed by atoms with Crippen LogP contribution in [0.4, 0.5) is 0 Å². The summed E-state index contributed by atoms with van der Waals surface area (Å²) >= 11 is 8.16. The van der Waals surface area contributed by atoms with E-state index in [4.69, 9.17) is 16.6 Å².